The molecule has 34 heavy (non-hydrogen) atoms. The first-order valence-corrected chi connectivity index (χ1v) is 13.2. The minimum Gasteiger partial charge on any atom is -0.451 e. The predicted octanol–water partition coefficient (Wildman–Crippen LogP) is 4.82. The van der Waals surface area contributed by atoms with Crippen molar-refractivity contribution >= 4 is 11.8 Å². The van der Waals surface area contributed by atoms with Crippen molar-refractivity contribution in [3.05, 3.63) is 34.4 Å². The van der Waals surface area contributed by atoms with E-state index in [0.29, 0.717) is 11.5 Å². The lowest BCUT2D eigenvalue weighted by molar-refractivity contribution is -0.165. The molecule has 1 fully saturated rings. The zero-order valence-corrected chi connectivity index (χ0v) is 21.3. The topological polar surface area (TPSA) is 83.8 Å². The van der Waals surface area contributed by atoms with Crippen LogP contribution in [-0.4, -0.2) is 39.8 Å². The van der Waals surface area contributed by atoms with Crippen LogP contribution in [0, 0.1) is 28.6 Å². The van der Waals surface area contributed by atoms with E-state index in [4.69, 9.17) is 4.74 Å². The van der Waals surface area contributed by atoms with Crippen molar-refractivity contribution in [3.8, 4) is 0 Å². The maximum atomic E-state index is 13.1. The molecule has 1 heterocycles. The molecule has 5 nitrogen and oxygen atoms in total. The highest BCUT2D eigenvalue weighted by molar-refractivity contribution is 5.94. The van der Waals surface area contributed by atoms with Crippen molar-refractivity contribution in [2.45, 2.75) is 104 Å². The Morgan fingerprint density at radius 2 is 1.91 bits per heavy atom. The van der Waals surface area contributed by atoms with Gasteiger partial charge in [-0.15, -0.1) is 0 Å². The van der Waals surface area contributed by atoms with Crippen LogP contribution in [-0.2, 0) is 14.3 Å². The number of cyclic esters (lactones) is 1. The van der Waals surface area contributed by atoms with Crippen LogP contribution in [0.15, 0.2) is 34.4 Å². The fraction of sp³-hybridized carbons (Fsp3) is 0.724. The molecule has 1 saturated carbocycles. The minimum absolute atomic E-state index is 0.0103. The fourth-order valence-electron chi connectivity index (χ4n) is 8.17. The smallest absolute Gasteiger partial charge is 0.334 e. The van der Waals surface area contributed by atoms with Gasteiger partial charge in [-0.3, -0.25) is 4.79 Å². The van der Waals surface area contributed by atoms with E-state index in [0.717, 1.165) is 51.4 Å². The van der Waals surface area contributed by atoms with Crippen LogP contribution in [0.4, 0.5) is 0 Å². The summed E-state index contributed by atoms with van der Waals surface area (Å²) in [4.78, 5) is 25.4. The number of fused-ring (bicyclic) bond motifs is 4. The van der Waals surface area contributed by atoms with Crippen LogP contribution in [0.5, 0.6) is 0 Å². The van der Waals surface area contributed by atoms with Crippen LogP contribution in [0.2, 0.25) is 0 Å². The van der Waals surface area contributed by atoms with Gasteiger partial charge in [0, 0.05) is 16.9 Å². The summed E-state index contributed by atoms with van der Waals surface area (Å²) < 4.78 is 5.64. The molecule has 186 valence electrons. The van der Waals surface area contributed by atoms with Gasteiger partial charge in [0.1, 0.15) is 0 Å². The van der Waals surface area contributed by atoms with Crippen LogP contribution >= 0.6 is 0 Å². The van der Waals surface area contributed by atoms with Crippen LogP contribution in [0.25, 0.3) is 0 Å². The molecule has 1 aliphatic heterocycles. The summed E-state index contributed by atoms with van der Waals surface area (Å²) in [5, 5.41) is 21.4. The van der Waals surface area contributed by atoms with Crippen molar-refractivity contribution in [2.75, 3.05) is 0 Å². The second-order valence-corrected chi connectivity index (χ2v) is 12.3. The molecular formula is C29H40O5. The first-order chi connectivity index (χ1) is 15.9. The summed E-state index contributed by atoms with van der Waals surface area (Å²) in [6, 6.07) is 0. The van der Waals surface area contributed by atoms with E-state index in [9.17, 15) is 19.8 Å². The van der Waals surface area contributed by atoms with E-state index in [2.05, 4.69) is 19.9 Å². The molecule has 0 unspecified atom stereocenters. The number of carbonyl (C=O) groups is 2. The monoisotopic (exact) mass is 468 g/mol. The molecule has 0 aromatic rings. The van der Waals surface area contributed by atoms with E-state index >= 15 is 0 Å². The molecule has 0 aromatic heterocycles. The highest BCUT2D eigenvalue weighted by Gasteiger charge is 2.56. The van der Waals surface area contributed by atoms with Gasteiger partial charge in [-0.25, -0.2) is 4.79 Å². The van der Waals surface area contributed by atoms with Gasteiger partial charge in [0.2, 0.25) is 0 Å². The van der Waals surface area contributed by atoms with Gasteiger partial charge in [0.25, 0.3) is 0 Å². The van der Waals surface area contributed by atoms with Crippen LogP contribution in [0.1, 0.15) is 86.0 Å². The Balaban J connectivity index is 1.47. The number of hydrogen-bond donors (Lipinski definition) is 2. The van der Waals surface area contributed by atoms with Gasteiger partial charge in [-0.1, -0.05) is 39.3 Å². The average Bonchev–Trinajstić information content (AvgIpc) is 3.32. The quantitative estimate of drug-likeness (QED) is 0.578. The molecule has 7 atom stereocenters. The normalized spacial score (nSPS) is 41.2. The number of ether oxygens (including phenoxy) is 1. The number of allylic oxidation sites excluding steroid dienone is 4. The Morgan fingerprint density at radius 3 is 2.59 bits per heavy atom. The number of aliphatic hydroxyl groups is 2. The van der Waals surface area contributed by atoms with Crippen LogP contribution in [0.3, 0.4) is 0 Å². The Morgan fingerprint density at radius 1 is 1.18 bits per heavy atom. The molecule has 0 amide bonds. The number of aliphatic hydroxyl groups excluding tert-OH is 1. The zero-order chi connectivity index (χ0) is 24.6. The first kappa shape index (κ1) is 24.0. The number of rotatable bonds is 4. The molecule has 0 bridgehead atoms. The first-order valence-electron chi connectivity index (χ1n) is 13.2. The molecule has 0 saturated heterocycles. The number of carbonyl (C=O) groups excluding carboxylic acids is 2. The van der Waals surface area contributed by atoms with Crippen molar-refractivity contribution in [2.24, 2.45) is 28.6 Å². The van der Waals surface area contributed by atoms with Gasteiger partial charge in [0.15, 0.2) is 17.5 Å². The lowest BCUT2D eigenvalue weighted by Gasteiger charge is -2.53. The van der Waals surface area contributed by atoms with Crippen LogP contribution < -0.4 is 0 Å². The molecule has 5 heteroatoms. The van der Waals surface area contributed by atoms with Gasteiger partial charge in [-0.05, 0) is 92.8 Å². The number of ketones is 1. The van der Waals surface area contributed by atoms with Gasteiger partial charge in [-0.2, -0.15) is 0 Å². The zero-order valence-electron chi connectivity index (χ0n) is 21.3. The van der Waals surface area contributed by atoms with E-state index < -0.39 is 11.7 Å². The van der Waals surface area contributed by atoms with E-state index in [1.165, 1.54) is 18.1 Å². The second-order valence-electron chi connectivity index (χ2n) is 12.3. The number of Topliss-reactive ketones (excluding diaryl/α,β-unsaturated/α-hetero) is 1. The van der Waals surface area contributed by atoms with Crippen molar-refractivity contribution in [3.63, 3.8) is 0 Å². The second kappa shape index (κ2) is 7.89. The largest absolute Gasteiger partial charge is 0.451 e. The Hall–Kier alpha value is -1.72. The summed E-state index contributed by atoms with van der Waals surface area (Å²) >= 11 is 0. The minimum atomic E-state index is -1.70. The summed E-state index contributed by atoms with van der Waals surface area (Å²) in [6.07, 6.45) is 10.9. The molecule has 0 radical (unpaired) electrons. The highest BCUT2D eigenvalue weighted by atomic mass is 16.6. The third-order valence-electron chi connectivity index (χ3n) is 10.5. The van der Waals surface area contributed by atoms with E-state index in [-0.39, 0.29) is 40.5 Å². The Labute approximate surface area is 203 Å². The molecule has 0 spiro atoms. The highest BCUT2D eigenvalue weighted by Crippen LogP contribution is 2.64. The van der Waals surface area contributed by atoms with E-state index in [1.807, 2.05) is 0 Å². The molecule has 5 rings (SSSR count). The maximum absolute atomic E-state index is 13.1. The molecule has 2 N–H and O–H groups in total. The van der Waals surface area contributed by atoms with Crippen molar-refractivity contribution < 1.29 is 24.5 Å². The summed E-state index contributed by atoms with van der Waals surface area (Å²) in [6.45, 7) is 9.65. The lowest BCUT2D eigenvalue weighted by atomic mass is 9.52. The number of hydrogen-bond acceptors (Lipinski definition) is 5. The van der Waals surface area contributed by atoms with Crippen molar-refractivity contribution in [1.29, 1.82) is 0 Å². The number of esters is 1. The maximum Gasteiger partial charge on any atom is 0.334 e. The molecule has 5 aliphatic rings. The Kier molecular flexibility index (Phi) is 5.57. The average molecular weight is 469 g/mol. The molecule has 0 aromatic carbocycles. The summed E-state index contributed by atoms with van der Waals surface area (Å²) in [5.74, 6) is -0.548. The summed E-state index contributed by atoms with van der Waals surface area (Å²) in [5.41, 5.74) is 3.50. The van der Waals surface area contributed by atoms with Crippen molar-refractivity contribution in [1.82, 2.24) is 0 Å². The standard InChI is InChI=1S/C29H40O5/c1-16(2)29(33,17(3)30)25-15-21(26(32)34-25)23-9-8-22-20-7-6-18-14-19(31)10-12-27(18,4)24(20)11-13-28(22,23)5/h8,15-16,18-19,23,25,31,33H,6-7,9-14H2,1-5H3/t18-,19-,23+,25-,27-,28-,29+/m0/s1. The molecule has 4 aliphatic carbocycles. The van der Waals surface area contributed by atoms with Gasteiger partial charge >= 0.3 is 5.97 Å². The third kappa shape index (κ3) is 3.19. The van der Waals surface area contributed by atoms with Gasteiger partial charge in [0.05, 0.1) is 6.10 Å². The SMILES string of the molecule is CC(=O)[C@](O)(C(C)C)[C@@H]1C=C([C@H]2CC=C3C4=C(CC[C@@]32C)[C@@]2(C)CC[C@H](O)C[C@@H]2CC4)C(=O)O1. The summed E-state index contributed by atoms with van der Waals surface area (Å²) in [7, 11) is 0. The Bertz CT molecular complexity index is 1020. The molecular weight excluding hydrogens is 428 g/mol. The third-order valence-corrected chi connectivity index (χ3v) is 10.5. The van der Waals surface area contributed by atoms with Gasteiger partial charge < -0.3 is 14.9 Å². The fourth-order valence-corrected chi connectivity index (χ4v) is 8.17. The van der Waals surface area contributed by atoms with E-state index in [1.54, 1.807) is 25.5 Å². The lowest BCUT2D eigenvalue weighted by Crippen LogP contribution is -2.52. The predicted molar refractivity (Wildman–Crippen MR) is 130 cm³/mol.